The number of carbonyl (C=O) groups excluding carboxylic acids is 4. The number of unbranched alkanes of at least 4 members (excludes halogenated alkanes) is 2. The standard InChI is InChI=1S/C36H35F4N7O10S/c1-3-4-5-8-24(48)20-46(36(53)28-29(37)31(39)33(43-44-41)32(40)30(28)38)58(56,57)16-15-42-14-7-6-9-27(50)45(2)19-21-10-12-22(13-11-21)34(51)23-17-25(47(54)55)35(52)26(49)18-23/h1,10-13,17-18,42,49,52H,4-9,14-16,19-20H2,2H3. The van der Waals surface area contributed by atoms with E-state index in [4.69, 9.17) is 12.0 Å². The number of hydrogen-bond donors (Lipinski definition) is 3. The van der Waals surface area contributed by atoms with Crippen LogP contribution in [0.15, 0.2) is 41.5 Å². The number of halogens is 4. The number of benzene rings is 3. The molecule has 3 aromatic carbocycles. The molecule has 0 bridgehead atoms. The van der Waals surface area contributed by atoms with Crippen LogP contribution >= 0.6 is 0 Å². The minimum absolute atomic E-state index is 0.0724. The molecule has 0 heterocycles. The molecule has 0 radical (unpaired) electrons. The molecule has 0 saturated carbocycles. The van der Waals surface area contributed by atoms with Crippen molar-refractivity contribution < 1.29 is 60.3 Å². The number of aromatic hydroxyl groups is 2. The van der Waals surface area contributed by atoms with Crippen molar-refractivity contribution in [2.75, 3.05) is 32.4 Å². The number of azide groups is 1. The summed E-state index contributed by atoms with van der Waals surface area (Å²) < 4.78 is 84.7. The van der Waals surface area contributed by atoms with Crippen LogP contribution in [0.4, 0.5) is 28.9 Å². The van der Waals surface area contributed by atoms with E-state index in [1.165, 1.54) is 24.1 Å². The Morgan fingerprint density at radius 2 is 1.60 bits per heavy atom. The zero-order valence-corrected chi connectivity index (χ0v) is 31.4. The summed E-state index contributed by atoms with van der Waals surface area (Å²) in [5.41, 5.74) is 4.42. The van der Waals surface area contributed by atoms with Crippen LogP contribution in [-0.4, -0.2) is 88.6 Å². The van der Waals surface area contributed by atoms with Gasteiger partial charge >= 0.3 is 5.69 Å². The predicted molar refractivity (Wildman–Crippen MR) is 197 cm³/mol. The molecule has 0 aliphatic rings. The maximum Gasteiger partial charge on any atom is 0.315 e. The summed E-state index contributed by atoms with van der Waals surface area (Å²) in [4.78, 5) is 64.9. The van der Waals surface area contributed by atoms with Crippen LogP contribution in [0.1, 0.15) is 70.4 Å². The van der Waals surface area contributed by atoms with E-state index in [9.17, 15) is 65.5 Å². The second-order valence-corrected chi connectivity index (χ2v) is 14.5. The Labute approximate surface area is 328 Å². The molecule has 17 nitrogen and oxygen atoms in total. The van der Waals surface area contributed by atoms with Gasteiger partial charge in [0.1, 0.15) is 11.3 Å². The van der Waals surface area contributed by atoms with Crippen LogP contribution in [-0.2, 0) is 26.2 Å². The van der Waals surface area contributed by atoms with Gasteiger partial charge in [0.25, 0.3) is 5.91 Å². The molecule has 22 heteroatoms. The molecule has 0 unspecified atom stereocenters. The van der Waals surface area contributed by atoms with Crippen molar-refractivity contribution in [1.29, 1.82) is 0 Å². The summed E-state index contributed by atoms with van der Waals surface area (Å²) in [6, 6.07) is 7.69. The zero-order valence-electron chi connectivity index (χ0n) is 30.6. The first-order valence-corrected chi connectivity index (χ1v) is 18.7. The van der Waals surface area contributed by atoms with Gasteiger partial charge in [0.15, 0.2) is 40.6 Å². The summed E-state index contributed by atoms with van der Waals surface area (Å²) in [6.45, 7) is -1.30. The maximum absolute atomic E-state index is 14.8. The minimum atomic E-state index is -4.88. The number of nitrogens with zero attached hydrogens (tertiary/aromatic N) is 6. The first kappa shape index (κ1) is 45.8. The van der Waals surface area contributed by atoms with Crippen LogP contribution < -0.4 is 5.32 Å². The van der Waals surface area contributed by atoms with E-state index in [1.54, 1.807) is 12.1 Å². The van der Waals surface area contributed by atoms with Gasteiger partial charge < -0.3 is 20.4 Å². The number of Topliss-reactive ketones (excluding diaryl/α,β-unsaturated/α-hetero) is 1. The van der Waals surface area contributed by atoms with Gasteiger partial charge in [-0.1, -0.05) is 29.4 Å². The molecule has 0 aliphatic heterocycles. The second kappa shape index (κ2) is 20.6. The van der Waals surface area contributed by atoms with E-state index >= 15 is 0 Å². The van der Waals surface area contributed by atoms with Gasteiger partial charge in [-0.15, -0.1) is 12.3 Å². The lowest BCUT2D eigenvalue weighted by atomic mass is 10.0. The number of rotatable bonds is 21. The molecule has 0 aliphatic carbocycles. The maximum atomic E-state index is 14.8. The number of sulfonamides is 1. The lowest BCUT2D eigenvalue weighted by molar-refractivity contribution is -0.386. The molecule has 3 N–H and O–H groups in total. The van der Waals surface area contributed by atoms with E-state index in [1.807, 2.05) is 0 Å². The van der Waals surface area contributed by atoms with E-state index < -0.39 is 96.4 Å². The SMILES string of the molecule is C#CCCCC(=O)CN(C(=O)c1c(F)c(F)c(N=[N+]=[N-])c(F)c1F)S(=O)(=O)CCNCCCCC(=O)N(C)Cc1ccc(C(=O)c2cc(O)c(O)c([N+](=O)[O-])c2)cc1. The van der Waals surface area contributed by atoms with Crippen molar-refractivity contribution in [3.63, 3.8) is 0 Å². The second-order valence-electron chi connectivity index (χ2n) is 12.5. The van der Waals surface area contributed by atoms with Gasteiger partial charge in [0.2, 0.25) is 21.7 Å². The van der Waals surface area contributed by atoms with E-state index in [2.05, 4.69) is 21.3 Å². The highest BCUT2D eigenvalue weighted by Crippen LogP contribution is 2.37. The Bertz CT molecular complexity index is 2270. The molecular formula is C36H35F4N7O10S. The normalized spacial score (nSPS) is 11.0. The van der Waals surface area contributed by atoms with Gasteiger partial charge in [-0.3, -0.25) is 29.3 Å². The molecule has 0 saturated heterocycles. The smallest absolute Gasteiger partial charge is 0.315 e. The van der Waals surface area contributed by atoms with Crippen molar-refractivity contribution in [2.24, 2.45) is 5.11 Å². The van der Waals surface area contributed by atoms with Crippen molar-refractivity contribution in [3.05, 3.63) is 102 Å². The number of nitro groups is 1. The third-order valence-corrected chi connectivity index (χ3v) is 10.1. The monoisotopic (exact) mass is 833 g/mol. The number of nitrogens with one attached hydrogen (secondary N) is 1. The van der Waals surface area contributed by atoms with Gasteiger partial charge in [-0.05, 0) is 43.0 Å². The van der Waals surface area contributed by atoms with Gasteiger partial charge in [0, 0.05) is 61.5 Å². The van der Waals surface area contributed by atoms with Crippen molar-refractivity contribution in [1.82, 2.24) is 14.5 Å². The topological polar surface area (TPSA) is 253 Å². The highest BCUT2D eigenvalue weighted by atomic mass is 32.2. The highest BCUT2D eigenvalue weighted by Gasteiger charge is 2.37. The van der Waals surface area contributed by atoms with E-state index in [0.29, 0.717) is 18.4 Å². The summed E-state index contributed by atoms with van der Waals surface area (Å²) in [5.74, 6) is -13.6. The number of phenols is 2. The number of terminal acetylenes is 1. The molecule has 0 atom stereocenters. The summed E-state index contributed by atoms with van der Waals surface area (Å²) >= 11 is 0. The lowest BCUT2D eigenvalue weighted by Gasteiger charge is -2.23. The zero-order chi connectivity index (χ0) is 43.3. The molecule has 308 valence electrons. The molecule has 0 spiro atoms. The van der Waals surface area contributed by atoms with Crippen molar-refractivity contribution >= 4 is 44.8 Å². The molecule has 3 rings (SSSR count). The Morgan fingerprint density at radius 3 is 2.19 bits per heavy atom. The molecule has 0 fully saturated rings. The highest BCUT2D eigenvalue weighted by molar-refractivity contribution is 7.89. The van der Waals surface area contributed by atoms with Crippen molar-refractivity contribution in [2.45, 2.75) is 45.1 Å². The minimum Gasteiger partial charge on any atom is -0.504 e. The van der Waals surface area contributed by atoms with Gasteiger partial charge in [-0.25, -0.2) is 30.3 Å². The number of amides is 2. The fourth-order valence-electron chi connectivity index (χ4n) is 5.31. The van der Waals surface area contributed by atoms with Crippen LogP contribution in [0, 0.1) is 45.7 Å². The number of carbonyl (C=O) groups is 4. The average Bonchev–Trinajstić information content (AvgIpc) is 3.18. The Morgan fingerprint density at radius 1 is 0.966 bits per heavy atom. The summed E-state index contributed by atoms with van der Waals surface area (Å²) in [6.07, 6.45) is 5.74. The average molecular weight is 834 g/mol. The van der Waals surface area contributed by atoms with Crippen LogP contribution in [0.3, 0.4) is 0 Å². The largest absolute Gasteiger partial charge is 0.504 e. The summed E-state index contributed by atoms with van der Waals surface area (Å²) in [5, 5.41) is 35.9. The van der Waals surface area contributed by atoms with Crippen LogP contribution in [0.2, 0.25) is 0 Å². The van der Waals surface area contributed by atoms with E-state index in [-0.39, 0.29) is 66.7 Å². The third-order valence-electron chi connectivity index (χ3n) is 8.38. The van der Waals surface area contributed by atoms with Gasteiger partial charge in [-0.2, -0.15) is 0 Å². The Hall–Kier alpha value is -6.56. The number of nitro benzene ring substituents is 1. The van der Waals surface area contributed by atoms with Gasteiger partial charge in [0.05, 0.1) is 17.2 Å². The predicted octanol–water partition coefficient (Wildman–Crippen LogP) is 5.30. The quantitative estimate of drug-likeness (QED) is 0.0106. The van der Waals surface area contributed by atoms with Crippen LogP contribution in [0.25, 0.3) is 10.4 Å². The first-order chi connectivity index (χ1) is 27.4. The van der Waals surface area contributed by atoms with Crippen molar-refractivity contribution in [3.8, 4) is 23.8 Å². The summed E-state index contributed by atoms with van der Waals surface area (Å²) in [7, 11) is -3.34. The number of hydrogen-bond acceptors (Lipinski definition) is 12. The molecule has 2 amide bonds. The number of phenolic OH excluding ortho intramolecular Hbond substituents is 2. The first-order valence-electron chi connectivity index (χ1n) is 17.1. The molecular weight excluding hydrogens is 798 g/mol. The Kier molecular flexibility index (Phi) is 16.2. The lowest BCUT2D eigenvalue weighted by Crippen LogP contribution is -2.44. The fourth-order valence-corrected chi connectivity index (χ4v) is 6.61. The molecule has 58 heavy (non-hydrogen) atoms. The fraction of sp³-hybridized carbons (Fsp3) is 0.333. The van der Waals surface area contributed by atoms with Crippen LogP contribution in [0.5, 0.6) is 11.5 Å². The van der Waals surface area contributed by atoms with E-state index in [0.717, 1.165) is 12.1 Å². The molecule has 3 aromatic rings. The Balaban J connectivity index is 1.55. The third kappa shape index (κ3) is 11.5. The molecule has 0 aromatic heterocycles. The number of ketones is 2.